The fourth-order valence-electron chi connectivity index (χ4n) is 4.00. The van der Waals surface area contributed by atoms with Gasteiger partial charge in [0.25, 0.3) is 0 Å². The number of methoxy groups -OCH3 is 1. The Morgan fingerprint density at radius 3 is 2.47 bits per heavy atom. The molecule has 2 unspecified atom stereocenters. The van der Waals surface area contributed by atoms with E-state index in [0.29, 0.717) is 39.3 Å². The molecule has 9 heteroatoms. The van der Waals surface area contributed by atoms with Gasteiger partial charge in [-0.3, -0.25) is 19.4 Å². The van der Waals surface area contributed by atoms with Crippen LogP contribution < -0.4 is 10.5 Å². The van der Waals surface area contributed by atoms with Gasteiger partial charge in [-0.05, 0) is 24.6 Å². The molecule has 162 valence electrons. The molecule has 30 heavy (non-hydrogen) atoms. The summed E-state index contributed by atoms with van der Waals surface area (Å²) < 4.78 is 10.7. The number of nitrogens with two attached hydrogens (primary N) is 1. The highest BCUT2D eigenvalue weighted by Gasteiger charge is 2.32. The molecule has 0 saturated carbocycles. The second kappa shape index (κ2) is 9.89. The molecular weight excluding hydrogens is 386 g/mol. The van der Waals surface area contributed by atoms with Gasteiger partial charge in [-0.15, -0.1) is 0 Å². The van der Waals surface area contributed by atoms with Crippen molar-refractivity contribution in [3.05, 3.63) is 29.8 Å². The number of carbonyl (C=O) groups excluding carboxylic acids is 2. The standard InChI is InChI=1S/C21H29N5O4/c1-15-12-24(13-19(30-15)21(23)28)14-20(27)26-9-7-25(8-10-26)18(11-22)16-3-5-17(29-2)6-4-16/h3-6,15,18-19H,7-10,12-14H2,1-2H3,(H2,23,28)/t15-,18?,19?/m1/s1. The number of ether oxygens (including phenoxy) is 2. The lowest BCUT2D eigenvalue weighted by Gasteiger charge is -2.39. The van der Waals surface area contributed by atoms with Crippen molar-refractivity contribution in [1.29, 1.82) is 5.26 Å². The number of primary amides is 1. The van der Waals surface area contributed by atoms with E-state index in [1.165, 1.54) is 0 Å². The van der Waals surface area contributed by atoms with Crippen LogP contribution in [0.25, 0.3) is 0 Å². The van der Waals surface area contributed by atoms with E-state index in [1.807, 2.05) is 41.0 Å². The normalized spacial score (nSPS) is 24.1. The highest BCUT2D eigenvalue weighted by atomic mass is 16.5. The van der Waals surface area contributed by atoms with E-state index in [2.05, 4.69) is 11.0 Å². The van der Waals surface area contributed by atoms with E-state index in [-0.39, 0.29) is 24.6 Å². The number of nitrogens with zero attached hydrogens (tertiary/aromatic N) is 4. The van der Waals surface area contributed by atoms with Gasteiger partial charge in [0.1, 0.15) is 17.9 Å². The summed E-state index contributed by atoms with van der Waals surface area (Å²) in [6.07, 6.45) is -0.832. The number of amides is 2. The highest BCUT2D eigenvalue weighted by Crippen LogP contribution is 2.24. The number of piperazine rings is 1. The Morgan fingerprint density at radius 2 is 1.90 bits per heavy atom. The molecule has 0 radical (unpaired) electrons. The first-order valence-electron chi connectivity index (χ1n) is 10.1. The number of hydrogen-bond acceptors (Lipinski definition) is 7. The molecule has 2 heterocycles. The van der Waals surface area contributed by atoms with Gasteiger partial charge in [-0.2, -0.15) is 5.26 Å². The largest absolute Gasteiger partial charge is 0.497 e. The minimum Gasteiger partial charge on any atom is -0.497 e. The summed E-state index contributed by atoms with van der Waals surface area (Å²) in [6, 6.07) is 9.52. The van der Waals surface area contributed by atoms with Gasteiger partial charge in [0.05, 0.1) is 25.8 Å². The van der Waals surface area contributed by atoms with Gasteiger partial charge < -0.3 is 20.1 Å². The molecule has 1 aromatic rings. The molecule has 2 aliphatic heterocycles. The number of nitriles is 1. The van der Waals surface area contributed by atoms with E-state index < -0.39 is 12.0 Å². The van der Waals surface area contributed by atoms with Gasteiger partial charge in [-0.1, -0.05) is 12.1 Å². The van der Waals surface area contributed by atoms with Crippen LogP contribution in [-0.2, 0) is 14.3 Å². The van der Waals surface area contributed by atoms with Crippen molar-refractivity contribution in [3.63, 3.8) is 0 Å². The zero-order valence-corrected chi connectivity index (χ0v) is 17.5. The Morgan fingerprint density at radius 1 is 1.23 bits per heavy atom. The predicted molar refractivity (Wildman–Crippen MR) is 109 cm³/mol. The fraction of sp³-hybridized carbons (Fsp3) is 0.571. The fourth-order valence-corrected chi connectivity index (χ4v) is 4.00. The summed E-state index contributed by atoms with van der Waals surface area (Å²) in [5.41, 5.74) is 6.28. The number of carbonyl (C=O) groups is 2. The SMILES string of the molecule is COc1ccc(C(C#N)N2CCN(C(=O)CN3CC(C(N)=O)O[C@H](C)C3)CC2)cc1. The van der Waals surface area contributed by atoms with Gasteiger partial charge in [0.15, 0.2) is 0 Å². The third-order valence-corrected chi connectivity index (χ3v) is 5.60. The Bertz CT molecular complexity index is 786. The molecular formula is C21H29N5O4. The first-order valence-corrected chi connectivity index (χ1v) is 10.1. The maximum absolute atomic E-state index is 12.8. The summed E-state index contributed by atoms with van der Waals surface area (Å²) >= 11 is 0. The molecule has 3 atom stereocenters. The van der Waals surface area contributed by atoms with Crippen molar-refractivity contribution in [2.24, 2.45) is 5.73 Å². The molecule has 0 bridgehead atoms. The molecule has 2 amide bonds. The van der Waals surface area contributed by atoms with E-state index in [4.69, 9.17) is 15.2 Å². The van der Waals surface area contributed by atoms with Gasteiger partial charge in [-0.25, -0.2) is 0 Å². The Kier molecular flexibility index (Phi) is 7.26. The van der Waals surface area contributed by atoms with Gasteiger partial charge in [0, 0.05) is 39.3 Å². The third-order valence-electron chi connectivity index (χ3n) is 5.60. The molecule has 1 aromatic carbocycles. The summed E-state index contributed by atoms with van der Waals surface area (Å²) in [4.78, 5) is 30.0. The van der Waals surface area contributed by atoms with Crippen molar-refractivity contribution >= 4 is 11.8 Å². The minimum atomic E-state index is -0.681. The van der Waals surface area contributed by atoms with Crippen molar-refractivity contribution in [1.82, 2.24) is 14.7 Å². The smallest absolute Gasteiger partial charge is 0.247 e. The molecule has 2 saturated heterocycles. The molecule has 2 aliphatic rings. The van der Waals surface area contributed by atoms with E-state index >= 15 is 0 Å². The topological polar surface area (TPSA) is 112 Å². The first kappa shape index (κ1) is 22.0. The first-order chi connectivity index (χ1) is 14.4. The predicted octanol–water partition coefficient (Wildman–Crippen LogP) is -0.0213. The van der Waals surface area contributed by atoms with Crippen LogP contribution in [-0.4, -0.2) is 91.6 Å². The summed E-state index contributed by atoms with van der Waals surface area (Å²) in [6.45, 7) is 5.39. The van der Waals surface area contributed by atoms with Crippen LogP contribution >= 0.6 is 0 Å². The van der Waals surface area contributed by atoms with E-state index in [1.54, 1.807) is 7.11 Å². The van der Waals surface area contributed by atoms with Crippen LogP contribution in [0.3, 0.4) is 0 Å². The number of hydrogen-bond donors (Lipinski definition) is 1. The van der Waals surface area contributed by atoms with Crippen molar-refractivity contribution in [2.75, 3.05) is 52.9 Å². The second-order valence-electron chi connectivity index (χ2n) is 7.75. The van der Waals surface area contributed by atoms with Crippen LogP contribution in [0.5, 0.6) is 5.75 Å². The van der Waals surface area contributed by atoms with Gasteiger partial charge >= 0.3 is 0 Å². The average Bonchev–Trinajstić information content (AvgIpc) is 2.74. The van der Waals surface area contributed by atoms with E-state index in [0.717, 1.165) is 11.3 Å². The van der Waals surface area contributed by atoms with Crippen LogP contribution in [0, 0.1) is 11.3 Å². The maximum atomic E-state index is 12.8. The zero-order valence-electron chi connectivity index (χ0n) is 17.5. The summed E-state index contributed by atoms with van der Waals surface area (Å²) in [7, 11) is 1.61. The average molecular weight is 415 g/mol. The van der Waals surface area contributed by atoms with Crippen LogP contribution in [0.4, 0.5) is 0 Å². The van der Waals surface area contributed by atoms with Crippen LogP contribution in [0.1, 0.15) is 18.5 Å². The Hall–Kier alpha value is -2.67. The lowest BCUT2D eigenvalue weighted by molar-refractivity contribution is -0.147. The van der Waals surface area contributed by atoms with Gasteiger partial charge in [0.2, 0.25) is 11.8 Å². The highest BCUT2D eigenvalue weighted by molar-refractivity contribution is 5.80. The third kappa shape index (κ3) is 5.27. The number of benzene rings is 1. The monoisotopic (exact) mass is 415 g/mol. The van der Waals surface area contributed by atoms with Crippen molar-refractivity contribution in [2.45, 2.75) is 25.2 Å². The number of morpholine rings is 1. The maximum Gasteiger partial charge on any atom is 0.247 e. The molecule has 3 rings (SSSR count). The lowest BCUT2D eigenvalue weighted by atomic mass is 10.1. The van der Waals surface area contributed by atoms with E-state index in [9.17, 15) is 14.9 Å². The lowest BCUT2D eigenvalue weighted by Crippen LogP contribution is -2.56. The zero-order chi connectivity index (χ0) is 21.7. The number of rotatable bonds is 6. The molecule has 0 spiro atoms. The van der Waals surface area contributed by atoms with Crippen molar-refractivity contribution in [3.8, 4) is 11.8 Å². The molecule has 9 nitrogen and oxygen atoms in total. The Labute approximate surface area is 176 Å². The minimum absolute atomic E-state index is 0.0184. The quantitative estimate of drug-likeness (QED) is 0.695. The molecule has 2 fully saturated rings. The summed E-state index contributed by atoms with van der Waals surface area (Å²) in [5, 5.41) is 9.68. The molecule has 2 N–H and O–H groups in total. The molecule has 0 aromatic heterocycles. The van der Waals surface area contributed by atoms with Crippen LogP contribution in [0.15, 0.2) is 24.3 Å². The Balaban J connectivity index is 1.53. The van der Waals surface area contributed by atoms with Crippen LogP contribution in [0.2, 0.25) is 0 Å². The van der Waals surface area contributed by atoms with Crippen molar-refractivity contribution < 1.29 is 19.1 Å². The summed E-state index contributed by atoms with van der Waals surface area (Å²) in [5.74, 6) is 0.264. The second-order valence-corrected chi connectivity index (χ2v) is 7.75. The molecule has 0 aliphatic carbocycles.